The SMILES string of the molecule is Cc1cc2c(-c3ccccc3)c3cc(C)c(C)cc3c(-c3ccc(N(c4ccccc4)c4ccc(C5(c6ccccc6)c6ccccc6-c6ccccc65)cc4)cc3)c2cc1C. The molecule has 296 valence electrons. The molecule has 62 heavy (non-hydrogen) atoms. The predicted octanol–water partition coefficient (Wildman–Crippen LogP) is 16.4. The molecule has 0 spiro atoms. The molecule has 10 aromatic carbocycles. The summed E-state index contributed by atoms with van der Waals surface area (Å²) in [4.78, 5) is 2.38. The van der Waals surface area contributed by atoms with E-state index in [1.165, 1.54) is 99.4 Å². The smallest absolute Gasteiger partial charge is 0.0713 e. The number of hydrogen-bond donors (Lipinski definition) is 0. The molecule has 0 aliphatic heterocycles. The van der Waals surface area contributed by atoms with Crippen molar-refractivity contribution in [3.05, 3.63) is 257 Å². The van der Waals surface area contributed by atoms with Crippen LogP contribution in [-0.4, -0.2) is 0 Å². The number of fused-ring (bicyclic) bond motifs is 5. The molecule has 0 amide bonds. The van der Waals surface area contributed by atoms with E-state index in [1.807, 2.05) is 0 Å². The minimum Gasteiger partial charge on any atom is -0.311 e. The highest BCUT2D eigenvalue weighted by atomic mass is 15.1. The Hall–Kier alpha value is -7.48. The molecule has 1 nitrogen and oxygen atoms in total. The zero-order valence-corrected chi connectivity index (χ0v) is 35.7. The molecule has 0 heterocycles. The molecule has 1 aliphatic rings. The number of anilines is 3. The number of benzene rings is 10. The van der Waals surface area contributed by atoms with E-state index in [0.717, 1.165) is 17.1 Å². The number of aryl methyl sites for hydroxylation is 4. The van der Waals surface area contributed by atoms with E-state index in [0.29, 0.717) is 0 Å². The molecular formula is C61H47N. The summed E-state index contributed by atoms with van der Waals surface area (Å²) in [7, 11) is 0. The van der Waals surface area contributed by atoms with Crippen LogP contribution in [-0.2, 0) is 5.41 Å². The van der Waals surface area contributed by atoms with Crippen LogP contribution in [0.15, 0.2) is 212 Å². The van der Waals surface area contributed by atoms with Crippen LogP contribution in [0.4, 0.5) is 17.1 Å². The van der Waals surface area contributed by atoms with E-state index in [2.05, 4.69) is 245 Å². The Balaban J connectivity index is 1.07. The molecule has 11 rings (SSSR count). The first-order valence-electron chi connectivity index (χ1n) is 21.8. The second kappa shape index (κ2) is 14.9. The van der Waals surface area contributed by atoms with Crippen LogP contribution in [0.25, 0.3) is 54.9 Å². The van der Waals surface area contributed by atoms with Crippen molar-refractivity contribution in [2.75, 3.05) is 4.90 Å². The lowest BCUT2D eigenvalue weighted by Gasteiger charge is -2.34. The largest absolute Gasteiger partial charge is 0.311 e. The Kier molecular flexibility index (Phi) is 9.02. The molecule has 0 radical (unpaired) electrons. The molecule has 0 atom stereocenters. The summed E-state index contributed by atoms with van der Waals surface area (Å²) in [5, 5.41) is 5.16. The van der Waals surface area contributed by atoms with Gasteiger partial charge in [0.15, 0.2) is 0 Å². The van der Waals surface area contributed by atoms with Gasteiger partial charge in [-0.15, -0.1) is 0 Å². The highest BCUT2D eigenvalue weighted by molar-refractivity contribution is 6.22. The van der Waals surface area contributed by atoms with Crippen molar-refractivity contribution in [2.45, 2.75) is 33.1 Å². The van der Waals surface area contributed by atoms with Crippen LogP contribution in [0.2, 0.25) is 0 Å². The first-order chi connectivity index (χ1) is 30.4. The molecule has 0 fully saturated rings. The van der Waals surface area contributed by atoms with Gasteiger partial charge in [-0.2, -0.15) is 0 Å². The Bertz CT molecular complexity index is 3180. The Morgan fingerprint density at radius 2 is 0.645 bits per heavy atom. The van der Waals surface area contributed by atoms with E-state index < -0.39 is 5.41 Å². The number of para-hydroxylation sites is 1. The first kappa shape index (κ1) is 37.5. The van der Waals surface area contributed by atoms with Crippen molar-refractivity contribution < 1.29 is 0 Å². The van der Waals surface area contributed by atoms with Crippen molar-refractivity contribution in [1.29, 1.82) is 0 Å². The van der Waals surface area contributed by atoms with Gasteiger partial charge in [-0.05, 0) is 164 Å². The van der Waals surface area contributed by atoms with Crippen LogP contribution in [0.3, 0.4) is 0 Å². The number of rotatable bonds is 7. The molecule has 0 saturated carbocycles. The van der Waals surface area contributed by atoms with Crippen LogP contribution < -0.4 is 4.90 Å². The zero-order chi connectivity index (χ0) is 42.0. The van der Waals surface area contributed by atoms with Crippen LogP contribution in [0, 0.1) is 27.7 Å². The Morgan fingerprint density at radius 1 is 0.306 bits per heavy atom. The van der Waals surface area contributed by atoms with Crippen LogP contribution in [0.1, 0.15) is 44.5 Å². The standard InChI is InChI=1S/C61H47N/c1-40-36-53-55(38-42(40)3)60(56-39-43(4)41(2)37-54(56)59(53)44-18-8-5-9-19-44)45-28-32-49(33-29-45)62(48-22-12-7-13-23-48)50-34-30-47(31-35-50)61(46-20-10-6-11-21-46)57-26-16-14-24-51(57)52-25-15-17-27-58(52)61/h5-39H,1-4H3. The monoisotopic (exact) mass is 793 g/mol. The number of nitrogens with zero attached hydrogens (tertiary/aromatic N) is 1. The Labute approximate surface area is 365 Å². The Morgan fingerprint density at radius 3 is 1.11 bits per heavy atom. The van der Waals surface area contributed by atoms with Gasteiger partial charge in [0, 0.05) is 17.1 Å². The summed E-state index contributed by atoms with van der Waals surface area (Å²) in [5.74, 6) is 0. The number of hydrogen-bond acceptors (Lipinski definition) is 1. The van der Waals surface area contributed by atoms with Gasteiger partial charge in [-0.3, -0.25) is 0 Å². The summed E-state index contributed by atoms with van der Waals surface area (Å²) < 4.78 is 0. The first-order valence-corrected chi connectivity index (χ1v) is 21.8. The predicted molar refractivity (Wildman–Crippen MR) is 263 cm³/mol. The van der Waals surface area contributed by atoms with E-state index in [-0.39, 0.29) is 0 Å². The third kappa shape index (κ3) is 5.84. The third-order valence-corrected chi connectivity index (χ3v) is 13.6. The summed E-state index contributed by atoms with van der Waals surface area (Å²) in [6, 6.07) is 78.8. The second-order valence-corrected chi connectivity index (χ2v) is 17.1. The molecule has 10 aromatic rings. The molecule has 0 saturated heterocycles. The molecular weight excluding hydrogens is 747 g/mol. The van der Waals surface area contributed by atoms with Crippen molar-refractivity contribution in [3.8, 4) is 33.4 Å². The summed E-state index contributed by atoms with van der Waals surface area (Å²) in [6.45, 7) is 8.95. The minimum atomic E-state index is -0.443. The molecule has 0 unspecified atom stereocenters. The summed E-state index contributed by atoms with van der Waals surface area (Å²) in [6.07, 6.45) is 0. The molecule has 1 heteroatoms. The second-order valence-electron chi connectivity index (χ2n) is 17.1. The van der Waals surface area contributed by atoms with E-state index in [9.17, 15) is 0 Å². The van der Waals surface area contributed by atoms with Crippen molar-refractivity contribution in [2.24, 2.45) is 0 Å². The normalized spacial score (nSPS) is 12.6. The maximum Gasteiger partial charge on any atom is 0.0713 e. The lowest BCUT2D eigenvalue weighted by Crippen LogP contribution is -2.28. The average molecular weight is 794 g/mol. The fourth-order valence-corrected chi connectivity index (χ4v) is 10.4. The van der Waals surface area contributed by atoms with Gasteiger partial charge in [0.25, 0.3) is 0 Å². The maximum atomic E-state index is 2.41. The summed E-state index contributed by atoms with van der Waals surface area (Å²) >= 11 is 0. The van der Waals surface area contributed by atoms with Gasteiger partial charge in [0.1, 0.15) is 0 Å². The highest BCUT2D eigenvalue weighted by Crippen LogP contribution is 2.56. The summed E-state index contributed by atoms with van der Waals surface area (Å²) in [5.41, 5.74) is 20.9. The van der Waals surface area contributed by atoms with E-state index in [4.69, 9.17) is 0 Å². The lowest BCUT2D eigenvalue weighted by molar-refractivity contribution is 0.768. The fourth-order valence-electron chi connectivity index (χ4n) is 10.4. The van der Waals surface area contributed by atoms with Crippen LogP contribution in [0.5, 0.6) is 0 Å². The zero-order valence-electron chi connectivity index (χ0n) is 35.7. The van der Waals surface area contributed by atoms with Gasteiger partial charge in [0.2, 0.25) is 0 Å². The van der Waals surface area contributed by atoms with Crippen molar-refractivity contribution >= 4 is 38.6 Å². The molecule has 0 N–H and O–H groups in total. The lowest BCUT2D eigenvalue weighted by atomic mass is 9.68. The molecule has 1 aliphatic carbocycles. The topological polar surface area (TPSA) is 3.24 Å². The van der Waals surface area contributed by atoms with E-state index in [1.54, 1.807) is 0 Å². The van der Waals surface area contributed by atoms with Crippen molar-refractivity contribution in [3.63, 3.8) is 0 Å². The third-order valence-electron chi connectivity index (χ3n) is 13.6. The van der Waals surface area contributed by atoms with Gasteiger partial charge in [0.05, 0.1) is 5.41 Å². The van der Waals surface area contributed by atoms with Gasteiger partial charge < -0.3 is 4.90 Å². The van der Waals surface area contributed by atoms with Gasteiger partial charge in [-0.1, -0.05) is 176 Å². The van der Waals surface area contributed by atoms with Gasteiger partial charge in [-0.25, -0.2) is 0 Å². The van der Waals surface area contributed by atoms with E-state index >= 15 is 0 Å². The van der Waals surface area contributed by atoms with Crippen molar-refractivity contribution in [1.82, 2.24) is 0 Å². The average Bonchev–Trinajstić information content (AvgIpc) is 3.62. The molecule has 0 bridgehead atoms. The maximum absolute atomic E-state index is 2.41. The van der Waals surface area contributed by atoms with Gasteiger partial charge >= 0.3 is 0 Å². The van der Waals surface area contributed by atoms with Crippen LogP contribution >= 0.6 is 0 Å². The molecule has 0 aromatic heterocycles. The highest BCUT2D eigenvalue weighted by Gasteiger charge is 2.45. The minimum absolute atomic E-state index is 0.443. The fraction of sp³-hybridized carbons (Fsp3) is 0.0820. The quantitative estimate of drug-likeness (QED) is 0.145.